The molecule has 0 spiro atoms. The Bertz CT molecular complexity index is 837. The van der Waals surface area contributed by atoms with Crippen LogP contribution in [-0.2, 0) is 19.1 Å². The molecule has 0 aliphatic carbocycles. The number of carbonyl (C=O) groups is 3. The molecule has 1 aromatic heterocycles. The van der Waals surface area contributed by atoms with E-state index in [1.165, 1.54) is 11.8 Å². The Labute approximate surface area is 149 Å². The van der Waals surface area contributed by atoms with Crippen molar-refractivity contribution in [3.05, 3.63) is 35.9 Å². The van der Waals surface area contributed by atoms with Crippen LogP contribution in [0.15, 0.2) is 35.4 Å². The molecular weight excluding hydrogens is 340 g/mol. The van der Waals surface area contributed by atoms with Gasteiger partial charge in [-0.15, -0.1) is 0 Å². The quantitative estimate of drug-likeness (QED) is 0.603. The van der Waals surface area contributed by atoms with Gasteiger partial charge in [0.2, 0.25) is 5.91 Å². The van der Waals surface area contributed by atoms with Crippen LogP contribution in [0, 0.1) is 6.92 Å². The second kappa shape index (κ2) is 7.65. The molecule has 130 valence electrons. The highest BCUT2D eigenvalue weighted by Crippen LogP contribution is 2.23. The lowest BCUT2D eigenvalue weighted by atomic mass is 10.1. The largest absolute Gasteiger partial charge is 0.455 e. The van der Waals surface area contributed by atoms with Crippen molar-refractivity contribution in [1.29, 1.82) is 0 Å². The second-order valence-electron chi connectivity index (χ2n) is 5.79. The van der Waals surface area contributed by atoms with Gasteiger partial charge in [0.25, 0.3) is 5.91 Å². The Morgan fingerprint density at radius 1 is 1.32 bits per heavy atom. The summed E-state index contributed by atoms with van der Waals surface area (Å²) >= 11 is 1.26. The first-order chi connectivity index (χ1) is 12.0. The van der Waals surface area contributed by atoms with E-state index < -0.39 is 18.5 Å². The number of thioether (sulfide) groups is 1. The molecule has 6 nitrogen and oxygen atoms in total. The van der Waals surface area contributed by atoms with E-state index in [-0.39, 0.29) is 11.7 Å². The molecule has 1 saturated heterocycles. The summed E-state index contributed by atoms with van der Waals surface area (Å²) in [5, 5.41) is 1.81. The minimum absolute atomic E-state index is 0.0615. The number of para-hydroxylation sites is 1. The van der Waals surface area contributed by atoms with Gasteiger partial charge in [-0.25, -0.2) is 4.98 Å². The monoisotopic (exact) mass is 358 g/mol. The Hall–Kier alpha value is -2.41. The smallest absolute Gasteiger partial charge is 0.316 e. The Balaban J connectivity index is 1.52. The summed E-state index contributed by atoms with van der Waals surface area (Å²) in [5.41, 5.74) is 1.96. The summed E-state index contributed by atoms with van der Waals surface area (Å²) in [6.45, 7) is 2.01. The fourth-order valence-corrected chi connectivity index (χ4v) is 3.47. The molecule has 1 aliphatic heterocycles. The molecule has 0 radical (unpaired) electrons. The maximum atomic E-state index is 11.8. The maximum absolute atomic E-state index is 11.8. The molecule has 25 heavy (non-hydrogen) atoms. The zero-order chi connectivity index (χ0) is 17.8. The van der Waals surface area contributed by atoms with E-state index in [0.717, 1.165) is 26.4 Å². The topological polar surface area (TPSA) is 76.6 Å². The van der Waals surface area contributed by atoms with Crippen molar-refractivity contribution >= 4 is 40.4 Å². The molecule has 1 aliphatic rings. The van der Waals surface area contributed by atoms with Gasteiger partial charge in [-0.1, -0.05) is 30.0 Å². The van der Waals surface area contributed by atoms with Crippen molar-refractivity contribution in [2.24, 2.45) is 0 Å². The van der Waals surface area contributed by atoms with E-state index in [1.807, 2.05) is 37.3 Å². The highest BCUT2D eigenvalue weighted by molar-refractivity contribution is 7.99. The number of fused-ring (bicyclic) bond motifs is 1. The van der Waals surface area contributed by atoms with E-state index in [2.05, 4.69) is 4.98 Å². The number of ether oxygens (including phenoxy) is 1. The lowest BCUT2D eigenvalue weighted by Crippen LogP contribution is -2.35. The molecule has 0 unspecified atom stereocenters. The normalized spacial score (nSPS) is 14.1. The molecule has 0 N–H and O–H groups in total. The van der Waals surface area contributed by atoms with Crippen LogP contribution < -0.4 is 0 Å². The molecule has 3 rings (SSSR count). The van der Waals surface area contributed by atoms with E-state index >= 15 is 0 Å². The molecular formula is C18H18N2O4S. The van der Waals surface area contributed by atoms with Crippen LogP contribution in [0.1, 0.15) is 18.4 Å². The highest BCUT2D eigenvalue weighted by atomic mass is 32.2. The van der Waals surface area contributed by atoms with Gasteiger partial charge < -0.3 is 4.74 Å². The number of rotatable bonds is 5. The number of nitrogens with zero attached hydrogens (tertiary/aromatic N) is 2. The minimum atomic E-state index is -0.502. The maximum Gasteiger partial charge on any atom is 0.316 e. The van der Waals surface area contributed by atoms with Crippen molar-refractivity contribution in [3.8, 4) is 0 Å². The van der Waals surface area contributed by atoms with Gasteiger partial charge in [0.05, 0.1) is 16.3 Å². The average Bonchev–Trinajstić information content (AvgIpc) is 3.04. The molecule has 2 aromatic rings. The van der Waals surface area contributed by atoms with E-state index in [4.69, 9.17) is 4.74 Å². The van der Waals surface area contributed by atoms with Gasteiger partial charge in [-0.2, -0.15) is 0 Å². The SMILES string of the molecule is Cc1cc(SCC(=O)OCC(=O)N2CCCC2=O)nc2ccccc12. The van der Waals surface area contributed by atoms with E-state index in [0.29, 0.717) is 19.4 Å². The average molecular weight is 358 g/mol. The van der Waals surface area contributed by atoms with E-state index in [1.54, 1.807) is 0 Å². The molecule has 0 saturated carbocycles. The molecule has 2 heterocycles. The number of esters is 1. The first-order valence-corrected chi connectivity index (χ1v) is 9.01. The predicted molar refractivity (Wildman–Crippen MR) is 94.1 cm³/mol. The van der Waals surface area contributed by atoms with Crippen LogP contribution in [0.2, 0.25) is 0 Å². The van der Waals surface area contributed by atoms with Crippen molar-refractivity contribution in [1.82, 2.24) is 9.88 Å². The van der Waals surface area contributed by atoms with Crippen molar-refractivity contribution < 1.29 is 19.1 Å². The van der Waals surface area contributed by atoms with Crippen LogP contribution in [0.3, 0.4) is 0 Å². The number of carbonyl (C=O) groups excluding carboxylic acids is 3. The molecule has 0 atom stereocenters. The standard InChI is InChI=1S/C18H18N2O4S/c1-12-9-15(19-14-6-3-2-5-13(12)14)25-11-18(23)24-10-17(22)20-8-4-7-16(20)21/h2-3,5-6,9H,4,7-8,10-11H2,1H3. The number of pyridine rings is 1. The number of hydrogen-bond donors (Lipinski definition) is 0. The van der Waals surface area contributed by atoms with Crippen LogP contribution in [-0.4, -0.2) is 46.6 Å². The van der Waals surface area contributed by atoms with Crippen LogP contribution in [0.4, 0.5) is 0 Å². The Morgan fingerprint density at radius 2 is 2.12 bits per heavy atom. The van der Waals surface area contributed by atoms with Gasteiger partial charge in [-0.05, 0) is 31.0 Å². The number of likely N-dealkylation sites (tertiary alicyclic amines) is 1. The number of imide groups is 1. The third-order valence-corrected chi connectivity index (χ3v) is 4.85. The second-order valence-corrected chi connectivity index (χ2v) is 6.78. The van der Waals surface area contributed by atoms with Gasteiger partial charge in [-0.3, -0.25) is 19.3 Å². The van der Waals surface area contributed by atoms with Crippen molar-refractivity contribution in [2.45, 2.75) is 24.8 Å². The number of aromatic nitrogens is 1. The summed E-state index contributed by atoms with van der Waals surface area (Å²) < 4.78 is 4.97. The summed E-state index contributed by atoms with van der Waals surface area (Å²) in [7, 11) is 0. The number of hydrogen-bond acceptors (Lipinski definition) is 6. The first kappa shape index (κ1) is 17.4. The zero-order valence-corrected chi connectivity index (χ0v) is 14.7. The molecule has 7 heteroatoms. The highest BCUT2D eigenvalue weighted by Gasteiger charge is 2.26. The summed E-state index contributed by atoms with van der Waals surface area (Å²) in [5.74, 6) is -1.10. The zero-order valence-electron chi connectivity index (χ0n) is 13.9. The fraction of sp³-hybridized carbons (Fsp3) is 0.333. The minimum Gasteiger partial charge on any atom is -0.455 e. The first-order valence-electron chi connectivity index (χ1n) is 8.02. The summed E-state index contributed by atoms with van der Waals surface area (Å²) in [6, 6.07) is 9.74. The summed E-state index contributed by atoms with van der Waals surface area (Å²) in [6.07, 6.45) is 1.05. The van der Waals surface area contributed by atoms with Gasteiger partial charge in [0.1, 0.15) is 0 Å². The predicted octanol–water partition coefficient (Wildman–Crippen LogP) is 2.33. The molecule has 1 aromatic carbocycles. The van der Waals surface area contributed by atoms with Crippen molar-refractivity contribution in [3.63, 3.8) is 0 Å². The number of aryl methyl sites for hydroxylation is 1. The lowest BCUT2D eigenvalue weighted by Gasteiger charge is -2.13. The third-order valence-electron chi connectivity index (χ3n) is 3.97. The van der Waals surface area contributed by atoms with E-state index in [9.17, 15) is 14.4 Å². The third kappa shape index (κ3) is 4.17. The Morgan fingerprint density at radius 3 is 2.88 bits per heavy atom. The Kier molecular flexibility index (Phi) is 5.33. The lowest BCUT2D eigenvalue weighted by molar-refractivity contribution is -0.153. The number of amides is 2. The van der Waals surface area contributed by atoms with Gasteiger partial charge >= 0.3 is 5.97 Å². The summed E-state index contributed by atoms with van der Waals surface area (Å²) in [4.78, 5) is 40.8. The molecule has 2 amide bonds. The van der Waals surface area contributed by atoms with Gasteiger partial charge in [0, 0.05) is 18.4 Å². The molecule has 1 fully saturated rings. The van der Waals surface area contributed by atoms with Crippen LogP contribution in [0.25, 0.3) is 10.9 Å². The van der Waals surface area contributed by atoms with Crippen LogP contribution in [0.5, 0.6) is 0 Å². The van der Waals surface area contributed by atoms with Crippen molar-refractivity contribution in [2.75, 3.05) is 18.9 Å². The number of benzene rings is 1. The van der Waals surface area contributed by atoms with Crippen LogP contribution >= 0.6 is 11.8 Å². The fourth-order valence-electron chi connectivity index (χ4n) is 2.70. The molecule has 0 bridgehead atoms. The van der Waals surface area contributed by atoms with Gasteiger partial charge in [0.15, 0.2) is 6.61 Å².